The van der Waals surface area contributed by atoms with Gasteiger partial charge in [0.05, 0.1) is 11.3 Å². The van der Waals surface area contributed by atoms with Gasteiger partial charge in [0, 0.05) is 23.3 Å². The van der Waals surface area contributed by atoms with E-state index in [9.17, 15) is 4.79 Å². The third kappa shape index (κ3) is 3.65. The van der Waals surface area contributed by atoms with Crippen LogP contribution in [0.15, 0.2) is 58.5 Å². The number of hydrogen-bond donors (Lipinski definition) is 0. The number of rotatable bonds is 4. The van der Waals surface area contributed by atoms with Gasteiger partial charge in [-0.25, -0.2) is 4.98 Å². The number of hydrogen-bond acceptors (Lipinski definition) is 3. The fourth-order valence-electron chi connectivity index (χ4n) is 5.56. The molecule has 3 nitrogen and oxygen atoms in total. The first-order valence-corrected chi connectivity index (χ1v) is 12.5. The molecule has 2 aromatic carbocycles. The van der Waals surface area contributed by atoms with Crippen LogP contribution in [0.5, 0.6) is 0 Å². The molecule has 31 heavy (non-hydrogen) atoms. The van der Waals surface area contributed by atoms with Gasteiger partial charge in [-0.1, -0.05) is 85.1 Å². The molecule has 0 unspecified atom stereocenters. The van der Waals surface area contributed by atoms with Crippen LogP contribution in [-0.4, -0.2) is 9.55 Å². The minimum Gasteiger partial charge on any atom is -0.288 e. The maximum atomic E-state index is 13.9. The molecule has 0 N–H and O–H groups in total. The van der Waals surface area contributed by atoms with Crippen molar-refractivity contribution in [2.24, 2.45) is 0 Å². The average molecular weight is 431 g/mol. The predicted molar refractivity (Wildman–Crippen MR) is 129 cm³/mol. The minimum absolute atomic E-state index is 0.0390. The molecule has 160 valence electrons. The predicted octanol–water partition coefficient (Wildman–Crippen LogP) is 6.29. The van der Waals surface area contributed by atoms with E-state index in [0.29, 0.717) is 6.54 Å². The highest BCUT2D eigenvalue weighted by Gasteiger charge is 2.43. The Morgan fingerprint density at radius 3 is 2.65 bits per heavy atom. The van der Waals surface area contributed by atoms with E-state index in [0.717, 1.165) is 47.0 Å². The minimum atomic E-state index is -0.0390. The maximum Gasteiger partial charge on any atom is 0.258 e. The van der Waals surface area contributed by atoms with Gasteiger partial charge in [0.15, 0.2) is 5.16 Å². The Balaban J connectivity index is 1.64. The van der Waals surface area contributed by atoms with Crippen molar-refractivity contribution in [2.75, 3.05) is 0 Å². The summed E-state index contributed by atoms with van der Waals surface area (Å²) in [4.78, 5) is 19.1. The number of thioether (sulfide) groups is 1. The van der Waals surface area contributed by atoms with Crippen LogP contribution in [0.2, 0.25) is 0 Å². The summed E-state index contributed by atoms with van der Waals surface area (Å²) >= 11 is 1.68. The lowest BCUT2D eigenvalue weighted by Gasteiger charge is -2.42. The van der Waals surface area contributed by atoms with E-state index >= 15 is 0 Å². The van der Waals surface area contributed by atoms with E-state index in [2.05, 4.69) is 62.4 Å². The van der Waals surface area contributed by atoms with E-state index < -0.39 is 0 Å². The molecule has 0 radical (unpaired) electrons. The smallest absolute Gasteiger partial charge is 0.258 e. The van der Waals surface area contributed by atoms with E-state index in [1.165, 1.54) is 36.0 Å². The first-order valence-electron chi connectivity index (χ1n) is 11.5. The van der Waals surface area contributed by atoms with Gasteiger partial charge in [-0.3, -0.25) is 9.36 Å². The van der Waals surface area contributed by atoms with Crippen molar-refractivity contribution in [3.05, 3.63) is 81.1 Å². The monoisotopic (exact) mass is 430 g/mol. The van der Waals surface area contributed by atoms with E-state index in [1.54, 1.807) is 11.8 Å². The molecule has 0 atom stereocenters. The SMILES string of the molecule is CCn1c(SCc2cccc(C)c2)nc2c(c1=O)C1(CCCCC1)Cc1ccccc1-2. The molecule has 0 aliphatic heterocycles. The molecule has 0 amide bonds. The van der Waals surface area contributed by atoms with Crippen molar-refractivity contribution in [1.82, 2.24) is 9.55 Å². The maximum absolute atomic E-state index is 13.9. The molecule has 5 rings (SSSR count). The number of aromatic nitrogens is 2. The molecule has 1 fully saturated rings. The van der Waals surface area contributed by atoms with Crippen LogP contribution < -0.4 is 5.56 Å². The average Bonchev–Trinajstić information content (AvgIpc) is 2.78. The summed E-state index contributed by atoms with van der Waals surface area (Å²) in [5.41, 5.74) is 7.14. The molecular formula is C27H30N2OS. The lowest BCUT2D eigenvalue weighted by atomic mass is 9.62. The normalized spacial score (nSPS) is 16.7. The van der Waals surface area contributed by atoms with Crippen LogP contribution >= 0.6 is 11.8 Å². The number of nitrogens with zero attached hydrogens (tertiary/aromatic N) is 2. The zero-order valence-corrected chi connectivity index (χ0v) is 19.3. The highest BCUT2D eigenvalue weighted by Crippen LogP contribution is 2.48. The molecule has 1 aromatic heterocycles. The second-order valence-electron chi connectivity index (χ2n) is 9.12. The van der Waals surface area contributed by atoms with Crippen LogP contribution in [0, 0.1) is 6.92 Å². The van der Waals surface area contributed by atoms with Crippen molar-refractivity contribution in [1.29, 1.82) is 0 Å². The summed E-state index contributed by atoms with van der Waals surface area (Å²) in [6, 6.07) is 17.2. The summed E-state index contributed by atoms with van der Waals surface area (Å²) in [5.74, 6) is 0.819. The van der Waals surface area contributed by atoms with Gasteiger partial charge < -0.3 is 0 Å². The molecule has 0 saturated heterocycles. The summed E-state index contributed by atoms with van der Waals surface area (Å²) < 4.78 is 1.92. The van der Waals surface area contributed by atoms with Gasteiger partial charge in [-0.2, -0.15) is 0 Å². The van der Waals surface area contributed by atoms with Gasteiger partial charge >= 0.3 is 0 Å². The van der Waals surface area contributed by atoms with Crippen molar-refractivity contribution in [3.63, 3.8) is 0 Å². The van der Waals surface area contributed by atoms with Crippen molar-refractivity contribution in [3.8, 4) is 11.3 Å². The zero-order chi connectivity index (χ0) is 21.4. The van der Waals surface area contributed by atoms with Crippen LogP contribution in [0.4, 0.5) is 0 Å². The van der Waals surface area contributed by atoms with Gasteiger partial charge in [0.1, 0.15) is 0 Å². The van der Waals surface area contributed by atoms with Crippen molar-refractivity contribution >= 4 is 11.8 Å². The molecule has 1 spiro atoms. The summed E-state index contributed by atoms with van der Waals surface area (Å²) in [6.45, 7) is 4.84. The molecule has 2 aliphatic rings. The van der Waals surface area contributed by atoms with Crippen LogP contribution in [0.25, 0.3) is 11.3 Å². The quantitative estimate of drug-likeness (QED) is 0.360. The molecule has 0 bridgehead atoms. The molecule has 4 heteroatoms. The largest absolute Gasteiger partial charge is 0.288 e. The standard InChI is InChI=1S/C27H30N2OS/c1-3-29-25(30)23-24(28-26(29)31-18-20-11-9-10-19(2)16-20)22-13-6-5-12-21(22)17-27(23)14-7-4-8-15-27/h5-6,9-13,16H,3-4,7-8,14-15,17-18H2,1-2H3. The Morgan fingerprint density at radius 1 is 1.06 bits per heavy atom. The number of aryl methyl sites for hydroxylation is 1. The van der Waals surface area contributed by atoms with Gasteiger partial charge in [-0.15, -0.1) is 0 Å². The van der Waals surface area contributed by atoms with E-state index in [4.69, 9.17) is 4.98 Å². The first-order chi connectivity index (χ1) is 15.1. The summed E-state index contributed by atoms with van der Waals surface area (Å²) in [5, 5.41) is 0.843. The first kappa shape index (κ1) is 20.6. The zero-order valence-electron chi connectivity index (χ0n) is 18.5. The molecule has 1 heterocycles. The van der Waals surface area contributed by atoms with Crippen LogP contribution in [-0.2, 0) is 24.1 Å². The second kappa shape index (κ2) is 8.31. The highest BCUT2D eigenvalue weighted by molar-refractivity contribution is 7.98. The van der Waals surface area contributed by atoms with Crippen LogP contribution in [0.3, 0.4) is 0 Å². The molecule has 2 aliphatic carbocycles. The van der Waals surface area contributed by atoms with Gasteiger partial charge in [0.2, 0.25) is 0 Å². The second-order valence-corrected chi connectivity index (χ2v) is 10.1. The topological polar surface area (TPSA) is 34.9 Å². The lowest BCUT2D eigenvalue weighted by Crippen LogP contribution is -2.43. The third-order valence-corrected chi connectivity index (χ3v) is 8.09. The van der Waals surface area contributed by atoms with Crippen LogP contribution in [0.1, 0.15) is 61.3 Å². The molecule has 3 aromatic rings. The number of benzene rings is 2. The Morgan fingerprint density at radius 2 is 1.87 bits per heavy atom. The van der Waals surface area contributed by atoms with Crippen molar-refractivity contribution in [2.45, 2.75) is 75.2 Å². The summed E-state index contributed by atoms with van der Waals surface area (Å²) in [7, 11) is 0. The Kier molecular flexibility index (Phi) is 5.51. The third-order valence-electron chi connectivity index (χ3n) is 7.04. The lowest BCUT2D eigenvalue weighted by molar-refractivity contribution is 0.282. The fraction of sp³-hybridized carbons (Fsp3) is 0.407. The van der Waals surface area contributed by atoms with Crippen molar-refractivity contribution < 1.29 is 0 Å². The fourth-order valence-corrected chi connectivity index (χ4v) is 6.56. The Bertz CT molecular complexity index is 1170. The van der Waals surface area contributed by atoms with Gasteiger partial charge in [-0.05, 0) is 44.2 Å². The van der Waals surface area contributed by atoms with Gasteiger partial charge in [0.25, 0.3) is 5.56 Å². The summed E-state index contributed by atoms with van der Waals surface area (Å²) in [6.07, 6.45) is 6.87. The number of fused-ring (bicyclic) bond motifs is 4. The van der Waals surface area contributed by atoms with E-state index in [1.807, 2.05) is 4.57 Å². The Labute approximate surface area is 188 Å². The molecular weight excluding hydrogens is 400 g/mol. The highest BCUT2D eigenvalue weighted by atomic mass is 32.2. The Hall–Kier alpha value is -2.33. The van der Waals surface area contributed by atoms with E-state index in [-0.39, 0.29) is 11.0 Å². The molecule has 1 saturated carbocycles.